The fourth-order valence-electron chi connectivity index (χ4n) is 1.74. The van der Waals surface area contributed by atoms with Gasteiger partial charge in [0.2, 0.25) is 17.8 Å². The van der Waals surface area contributed by atoms with E-state index in [0.717, 1.165) is 26.2 Å². The first-order valence-corrected chi connectivity index (χ1v) is 6.79. The van der Waals surface area contributed by atoms with Crippen LogP contribution in [0.3, 0.4) is 0 Å². The van der Waals surface area contributed by atoms with E-state index in [1.54, 1.807) is 0 Å². The van der Waals surface area contributed by atoms with Gasteiger partial charge in [0.1, 0.15) is 0 Å². The Kier molecular flexibility index (Phi) is 4.56. The predicted molar refractivity (Wildman–Crippen MR) is 78.4 cm³/mol. The third kappa shape index (κ3) is 4.46. The van der Waals surface area contributed by atoms with Gasteiger partial charge in [0.15, 0.2) is 0 Å². The normalized spacial score (nSPS) is 16.9. The number of rotatable bonds is 3. The molecule has 0 aliphatic carbocycles. The second-order valence-electron chi connectivity index (χ2n) is 5.96. The molecule has 1 aromatic heterocycles. The van der Waals surface area contributed by atoms with Gasteiger partial charge in [-0.1, -0.05) is 20.8 Å². The van der Waals surface area contributed by atoms with Crippen molar-refractivity contribution in [1.82, 2.24) is 20.4 Å². The molecule has 0 bridgehead atoms. The van der Waals surface area contributed by atoms with Gasteiger partial charge < -0.3 is 16.0 Å². The van der Waals surface area contributed by atoms with Crippen molar-refractivity contribution in [1.29, 1.82) is 0 Å². The molecule has 0 saturated carbocycles. The summed E-state index contributed by atoms with van der Waals surface area (Å²) in [7, 11) is 0. The quantitative estimate of drug-likeness (QED) is 0.725. The van der Waals surface area contributed by atoms with E-state index < -0.39 is 0 Å². The highest BCUT2D eigenvalue weighted by Crippen LogP contribution is 2.16. The number of nitrogens with two attached hydrogens (primary N) is 1. The lowest BCUT2D eigenvalue weighted by Gasteiger charge is -2.21. The van der Waals surface area contributed by atoms with Crippen LogP contribution in [0.25, 0.3) is 0 Å². The molecule has 1 aliphatic heterocycles. The van der Waals surface area contributed by atoms with E-state index in [-0.39, 0.29) is 11.4 Å². The van der Waals surface area contributed by atoms with Crippen LogP contribution >= 0.6 is 0 Å². The maximum atomic E-state index is 5.77. The first kappa shape index (κ1) is 14.7. The van der Waals surface area contributed by atoms with Gasteiger partial charge in [0, 0.05) is 26.2 Å². The van der Waals surface area contributed by atoms with Crippen LogP contribution in [0.1, 0.15) is 20.8 Å². The Hall–Kier alpha value is -1.67. The largest absolute Gasteiger partial charge is 0.368 e. The van der Waals surface area contributed by atoms with E-state index >= 15 is 0 Å². The monoisotopic (exact) mass is 281 g/mol. The first-order valence-electron chi connectivity index (χ1n) is 6.79. The SMILES string of the molecule is CC(C)(C)CNc1nc(N)nc(N2CCNOCC2)n1. The molecule has 1 fully saturated rings. The van der Waals surface area contributed by atoms with Gasteiger partial charge in [-0.15, -0.1) is 0 Å². The van der Waals surface area contributed by atoms with Gasteiger partial charge in [-0.2, -0.15) is 15.0 Å². The van der Waals surface area contributed by atoms with E-state index in [0.29, 0.717) is 18.5 Å². The van der Waals surface area contributed by atoms with E-state index in [9.17, 15) is 0 Å². The minimum absolute atomic E-state index is 0.141. The molecular weight excluding hydrogens is 258 g/mol. The Morgan fingerprint density at radius 1 is 1.30 bits per heavy atom. The summed E-state index contributed by atoms with van der Waals surface area (Å²) in [6.07, 6.45) is 0. The zero-order valence-electron chi connectivity index (χ0n) is 12.3. The number of nitrogens with one attached hydrogen (secondary N) is 2. The summed E-state index contributed by atoms with van der Waals surface area (Å²) >= 11 is 0. The van der Waals surface area contributed by atoms with E-state index in [1.165, 1.54) is 0 Å². The molecule has 1 aromatic rings. The second kappa shape index (κ2) is 6.19. The fraction of sp³-hybridized carbons (Fsp3) is 0.750. The number of hydroxylamine groups is 1. The molecule has 0 unspecified atom stereocenters. The number of hydrogen-bond acceptors (Lipinski definition) is 8. The van der Waals surface area contributed by atoms with Crippen molar-refractivity contribution in [3.05, 3.63) is 0 Å². The van der Waals surface area contributed by atoms with Crippen molar-refractivity contribution in [2.75, 3.05) is 48.7 Å². The first-order chi connectivity index (χ1) is 9.44. The summed E-state index contributed by atoms with van der Waals surface area (Å²) in [4.78, 5) is 20.0. The van der Waals surface area contributed by atoms with Crippen molar-refractivity contribution in [2.45, 2.75) is 20.8 Å². The lowest BCUT2D eigenvalue weighted by atomic mass is 9.97. The van der Waals surface area contributed by atoms with Crippen molar-refractivity contribution in [2.24, 2.45) is 5.41 Å². The molecule has 0 atom stereocenters. The van der Waals surface area contributed by atoms with Gasteiger partial charge in [-0.05, 0) is 5.41 Å². The highest BCUT2D eigenvalue weighted by molar-refractivity contribution is 5.42. The minimum atomic E-state index is 0.141. The van der Waals surface area contributed by atoms with Crippen molar-refractivity contribution >= 4 is 17.8 Å². The number of hydrogen-bond donors (Lipinski definition) is 3. The molecule has 0 spiro atoms. The molecule has 1 aliphatic rings. The Labute approximate surface area is 119 Å². The van der Waals surface area contributed by atoms with Crippen LogP contribution in [0.15, 0.2) is 0 Å². The molecular formula is C12H23N7O. The van der Waals surface area contributed by atoms with Gasteiger partial charge in [-0.25, -0.2) is 5.48 Å². The highest BCUT2D eigenvalue weighted by atomic mass is 16.6. The summed E-state index contributed by atoms with van der Waals surface area (Å²) in [6, 6.07) is 0. The maximum Gasteiger partial charge on any atom is 0.232 e. The summed E-state index contributed by atoms with van der Waals surface area (Å²) in [6.45, 7) is 9.97. The number of aromatic nitrogens is 3. The molecule has 0 amide bonds. The number of nitrogens with zero attached hydrogens (tertiary/aromatic N) is 4. The molecule has 1 saturated heterocycles. The van der Waals surface area contributed by atoms with E-state index in [2.05, 4.69) is 46.5 Å². The molecule has 2 rings (SSSR count). The zero-order chi connectivity index (χ0) is 14.6. The fourth-order valence-corrected chi connectivity index (χ4v) is 1.74. The molecule has 0 aromatic carbocycles. The van der Waals surface area contributed by atoms with Gasteiger partial charge in [0.25, 0.3) is 0 Å². The number of nitrogen functional groups attached to an aromatic ring is 1. The summed E-state index contributed by atoms with van der Waals surface area (Å²) < 4.78 is 0. The van der Waals surface area contributed by atoms with Crippen molar-refractivity contribution < 1.29 is 4.84 Å². The Morgan fingerprint density at radius 3 is 2.85 bits per heavy atom. The summed E-state index contributed by atoms with van der Waals surface area (Å²) in [5, 5.41) is 3.20. The Balaban J connectivity index is 2.11. The van der Waals surface area contributed by atoms with Crippen LogP contribution in [0.2, 0.25) is 0 Å². The van der Waals surface area contributed by atoms with Gasteiger partial charge >= 0.3 is 0 Å². The summed E-state index contributed by atoms with van der Waals surface area (Å²) in [5.41, 5.74) is 8.77. The molecule has 8 heteroatoms. The maximum absolute atomic E-state index is 5.77. The topological polar surface area (TPSA) is 101 Å². The smallest absolute Gasteiger partial charge is 0.232 e. The van der Waals surface area contributed by atoms with Crippen LogP contribution < -0.4 is 21.4 Å². The molecule has 4 N–H and O–H groups in total. The summed E-state index contributed by atoms with van der Waals surface area (Å²) in [5.74, 6) is 1.33. The van der Waals surface area contributed by atoms with Crippen LogP contribution in [0, 0.1) is 5.41 Å². The molecule has 8 nitrogen and oxygen atoms in total. The highest BCUT2D eigenvalue weighted by Gasteiger charge is 2.16. The lowest BCUT2D eigenvalue weighted by Crippen LogP contribution is -2.31. The molecule has 20 heavy (non-hydrogen) atoms. The van der Waals surface area contributed by atoms with E-state index in [4.69, 9.17) is 10.6 Å². The second-order valence-corrected chi connectivity index (χ2v) is 5.96. The third-order valence-corrected chi connectivity index (χ3v) is 2.75. The Morgan fingerprint density at radius 2 is 2.10 bits per heavy atom. The van der Waals surface area contributed by atoms with Crippen LogP contribution in [-0.2, 0) is 4.84 Å². The van der Waals surface area contributed by atoms with Crippen molar-refractivity contribution in [3.8, 4) is 0 Å². The Bertz CT molecular complexity index is 438. The van der Waals surface area contributed by atoms with Crippen LogP contribution in [0.5, 0.6) is 0 Å². The van der Waals surface area contributed by atoms with E-state index in [1.807, 2.05) is 4.90 Å². The van der Waals surface area contributed by atoms with Gasteiger partial charge in [-0.3, -0.25) is 4.84 Å². The minimum Gasteiger partial charge on any atom is -0.368 e. The van der Waals surface area contributed by atoms with Crippen LogP contribution in [-0.4, -0.2) is 47.7 Å². The van der Waals surface area contributed by atoms with Crippen molar-refractivity contribution in [3.63, 3.8) is 0 Å². The zero-order valence-corrected chi connectivity index (χ0v) is 12.3. The number of anilines is 3. The lowest BCUT2D eigenvalue weighted by molar-refractivity contribution is 0.0589. The third-order valence-electron chi connectivity index (χ3n) is 2.75. The van der Waals surface area contributed by atoms with Crippen LogP contribution in [0.4, 0.5) is 17.8 Å². The standard InChI is InChI=1S/C12H23N7O/c1-12(2,3)8-14-10-16-9(13)17-11(18-10)19-5-4-15-20-7-6-19/h15H,4-8H2,1-3H3,(H3,13,14,16,17,18). The predicted octanol–water partition coefficient (Wildman–Crippen LogP) is 0.253. The van der Waals surface area contributed by atoms with Gasteiger partial charge in [0.05, 0.1) is 6.61 Å². The average Bonchev–Trinajstić information content (AvgIpc) is 2.64. The average molecular weight is 281 g/mol. The molecule has 2 heterocycles. The molecule has 112 valence electrons. The molecule has 0 radical (unpaired) electrons.